The molecular formula is C12H18BrNO2. The van der Waals surface area contributed by atoms with Crippen LogP contribution in [0.25, 0.3) is 0 Å². The average molecular weight is 288 g/mol. The summed E-state index contributed by atoms with van der Waals surface area (Å²) in [5.41, 5.74) is 7.08. The molecule has 0 radical (unpaired) electrons. The minimum absolute atomic E-state index is 0.185. The number of nitrogens with two attached hydrogens (primary N) is 1. The molecule has 1 atom stereocenters. The predicted molar refractivity (Wildman–Crippen MR) is 69.2 cm³/mol. The van der Waals surface area contributed by atoms with Crippen LogP contribution in [0, 0.1) is 0 Å². The Balaban J connectivity index is 3.00. The lowest BCUT2D eigenvalue weighted by molar-refractivity contribution is 0.352. The molecule has 2 N–H and O–H groups in total. The summed E-state index contributed by atoms with van der Waals surface area (Å²) in [6, 6.07) is 4.18. The summed E-state index contributed by atoms with van der Waals surface area (Å²) in [4.78, 5) is 0. The third-order valence-electron chi connectivity index (χ3n) is 2.52. The van der Waals surface area contributed by atoms with E-state index in [1.807, 2.05) is 12.1 Å². The van der Waals surface area contributed by atoms with Crippen molar-refractivity contribution in [2.45, 2.75) is 25.8 Å². The van der Waals surface area contributed by atoms with Crippen LogP contribution in [0.3, 0.4) is 0 Å². The molecule has 0 saturated carbocycles. The molecule has 0 fully saturated rings. The number of hydrogen-bond acceptors (Lipinski definition) is 3. The van der Waals surface area contributed by atoms with Gasteiger partial charge in [0.05, 0.1) is 18.7 Å². The maximum Gasteiger partial charge on any atom is 0.174 e. The van der Waals surface area contributed by atoms with Crippen molar-refractivity contribution in [1.82, 2.24) is 0 Å². The maximum absolute atomic E-state index is 5.93. The lowest BCUT2D eigenvalue weighted by Gasteiger charge is -2.14. The monoisotopic (exact) mass is 287 g/mol. The molecule has 0 aliphatic rings. The van der Waals surface area contributed by atoms with Crippen molar-refractivity contribution in [3.8, 4) is 11.5 Å². The molecule has 1 aromatic carbocycles. The number of benzene rings is 1. The van der Waals surface area contributed by atoms with E-state index in [0.29, 0.717) is 0 Å². The molecule has 1 aromatic rings. The predicted octanol–water partition coefficient (Wildman–Crippen LogP) is 2.75. The second kappa shape index (κ2) is 6.11. The van der Waals surface area contributed by atoms with E-state index in [0.717, 1.165) is 34.4 Å². The van der Waals surface area contributed by atoms with E-state index in [1.165, 1.54) is 0 Å². The second-order valence-electron chi connectivity index (χ2n) is 3.69. The average Bonchev–Trinajstić information content (AvgIpc) is 2.28. The van der Waals surface area contributed by atoms with Gasteiger partial charge in [0.25, 0.3) is 0 Å². The Morgan fingerprint density at radius 3 is 2.50 bits per heavy atom. The third kappa shape index (κ3) is 3.12. The van der Waals surface area contributed by atoms with E-state index in [1.54, 1.807) is 14.2 Å². The van der Waals surface area contributed by atoms with E-state index in [9.17, 15) is 0 Å². The Labute approximate surface area is 105 Å². The normalized spacial score (nSPS) is 12.3. The highest BCUT2D eigenvalue weighted by molar-refractivity contribution is 9.10. The first-order valence-electron chi connectivity index (χ1n) is 5.28. The summed E-state index contributed by atoms with van der Waals surface area (Å²) in [5, 5.41) is 0. The molecule has 0 aliphatic carbocycles. The van der Waals surface area contributed by atoms with E-state index in [4.69, 9.17) is 15.2 Å². The smallest absolute Gasteiger partial charge is 0.174 e. The summed E-state index contributed by atoms with van der Waals surface area (Å²) in [5.74, 6) is 1.45. The summed E-state index contributed by atoms with van der Waals surface area (Å²) in [6.07, 6.45) is 1.81. The standard InChI is InChI=1S/C12H18BrNO2/c1-4-9(14)5-8-6-10(13)12(16-3)11(7-8)15-2/h6-7,9H,4-5,14H2,1-3H3. The van der Waals surface area contributed by atoms with Crippen LogP contribution in [0.15, 0.2) is 16.6 Å². The van der Waals surface area contributed by atoms with Crippen molar-refractivity contribution in [1.29, 1.82) is 0 Å². The molecule has 0 aromatic heterocycles. The van der Waals surface area contributed by atoms with Crippen LogP contribution < -0.4 is 15.2 Å². The second-order valence-corrected chi connectivity index (χ2v) is 4.54. The van der Waals surface area contributed by atoms with Gasteiger partial charge in [0.2, 0.25) is 0 Å². The highest BCUT2D eigenvalue weighted by atomic mass is 79.9. The highest BCUT2D eigenvalue weighted by Crippen LogP contribution is 2.36. The van der Waals surface area contributed by atoms with Gasteiger partial charge in [-0.25, -0.2) is 0 Å². The van der Waals surface area contributed by atoms with E-state index >= 15 is 0 Å². The van der Waals surface area contributed by atoms with Crippen molar-refractivity contribution in [2.75, 3.05) is 14.2 Å². The Kier molecular flexibility index (Phi) is 5.09. The van der Waals surface area contributed by atoms with Crippen LogP contribution in [0.4, 0.5) is 0 Å². The molecule has 0 saturated heterocycles. The Bertz CT molecular complexity index is 355. The number of hydrogen-bond donors (Lipinski definition) is 1. The van der Waals surface area contributed by atoms with Crippen LogP contribution >= 0.6 is 15.9 Å². The van der Waals surface area contributed by atoms with Gasteiger partial charge in [0.15, 0.2) is 11.5 Å². The Morgan fingerprint density at radius 2 is 2.00 bits per heavy atom. The molecule has 16 heavy (non-hydrogen) atoms. The fraction of sp³-hybridized carbons (Fsp3) is 0.500. The summed E-state index contributed by atoms with van der Waals surface area (Å²) in [6.45, 7) is 2.08. The van der Waals surface area contributed by atoms with E-state index in [-0.39, 0.29) is 6.04 Å². The van der Waals surface area contributed by atoms with Gasteiger partial charge in [-0.2, -0.15) is 0 Å². The first kappa shape index (κ1) is 13.3. The van der Waals surface area contributed by atoms with Gasteiger partial charge in [-0.15, -0.1) is 0 Å². The molecule has 1 rings (SSSR count). The zero-order valence-corrected chi connectivity index (χ0v) is 11.5. The molecule has 0 bridgehead atoms. The maximum atomic E-state index is 5.93. The van der Waals surface area contributed by atoms with Gasteiger partial charge in [-0.05, 0) is 46.5 Å². The molecular weight excluding hydrogens is 270 g/mol. The first-order chi connectivity index (χ1) is 7.62. The van der Waals surface area contributed by atoms with Crippen molar-refractivity contribution < 1.29 is 9.47 Å². The topological polar surface area (TPSA) is 44.5 Å². The van der Waals surface area contributed by atoms with Crippen molar-refractivity contribution in [3.63, 3.8) is 0 Å². The van der Waals surface area contributed by atoms with Crippen LogP contribution in [0.5, 0.6) is 11.5 Å². The van der Waals surface area contributed by atoms with Gasteiger partial charge in [0.1, 0.15) is 0 Å². The fourth-order valence-electron chi connectivity index (χ4n) is 1.54. The number of methoxy groups -OCH3 is 2. The van der Waals surface area contributed by atoms with E-state index in [2.05, 4.69) is 22.9 Å². The first-order valence-corrected chi connectivity index (χ1v) is 6.07. The number of halogens is 1. The lowest BCUT2D eigenvalue weighted by atomic mass is 10.0. The summed E-state index contributed by atoms with van der Waals surface area (Å²) in [7, 11) is 3.26. The van der Waals surface area contributed by atoms with Crippen LogP contribution in [0.1, 0.15) is 18.9 Å². The molecule has 90 valence electrons. The number of ether oxygens (including phenoxy) is 2. The molecule has 3 nitrogen and oxygen atoms in total. The van der Waals surface area contributed by atoms with Crippen LogP contribution in [-0.4, -0.2) is 20.3 Å². The van der Waals surface area contributed by atoms with Gasteiger partial charge < -0.3 is 15.2 Å². The molecule has 1 unspecified atom stereocenters. The SMILES string of the molecule is CCC(N)Cc1cc(Br)c(OC)c(OC)c1. The van der Waals surface area contributed by atoms with Gasteiger partial charge >= 0.3 is 0 Å². The molecule has 0 aliphatic heterocycles. The molecule has 0 spiro atoms. The highest BCUT2D eigenvalue weighted by Gasteiger charge is 2.11. The minimum Gasteiger partial charge on any atom is -0.493 e. The summed E-state index contributed by atoms with van der Waals surface area (Å²) < 4.78 is 11.4. The van der Waals surface area contributed by atoms with Crippen molar-refractivity contribution >= 4 is 15.9 Å². The van der Waals surface area contributed by atoms with Crippen molar-refractivity contribution in [2.24, 2.45) is 5.73 Å². The minimum atomic E-state index is 0.185. The van der Waals surface area contributed by atoms with Gasteiger partial charge in [0, 0.05) is 6.04 Å². The third-order valence-corrected chi connectivity index (χ3v) is 3.10. The van der Waals surface area contributed by atoms with Gasteiger partial charge in [-0.3, -0.25) is 0 Å². The van der Waals surface area contributed by atoms with Crippen LogP contribution in [0.2, 0.25) is 0 Å². The van der Waals surface area contributed by atoms with Gasteiger partial charge in [-0.1, -0.05) is 6.92 Å². The zero-order chi connectivity index (χ0) is 12.1. The Hall–Kier alpha value is -0.740. The molecule has 0 heterocycles. The fourth-order valence-corrected chi connectivity index (χ4v) is 2.19. The summed E-state index contributed by atoms with van der Waals surface area (Å²) >= 11 is 3.46. The van der Waals surface area contributed by atoms with Crippen LogP contribution in [-0.2, 0) is 6.42 Å². The van der Waals surface area contributed by atoms with Crippen molar-refractivity contribution in [3.05, 3.63) is 22.2 Å². The lowest BCUT2D eigenvalue weighted by Crippen LogP contribution is -2.21. The quantitative estimate of drug-likeness (QED) is 0.906. The largest absolute Gasteiger partial charge is 0.493 e. The van der Waals surface area contributed by atoms with E-state index < -0.39 is 0 Å². The number of rotatable bonds is 5. The Morgan fingerprint density at radius 1 is 1.31 bits per heavy atom. The zero-order valence-electron chi connectivity index (χ0n) is 9.92. The molecule has 4 heteroatoms. The molecule has 0 amide bonds.